The van der Waals surface area contributed by atoms with Gasteiger partial charge in [-0.3, -0.25) is 0 Å². The van der Waals surface area contributed by atoms with Crippen LogP contribution < -0.4 is 5.73 Å². The predicted octanol–water partition coefficient (Wildman–Crippen LogP) is 2.51. The van der Waals surface area contributed by atoms with E-state index in [0.717, 1.165) is 35.0 Å². The average molecular weight is 206 g/mol. The van der Waals surface area contributed by atoms with Crippen molar-refractivity contribution >= 4 is 10.9 Å². The van der Waals surface area contributed by atoms with E-state index < -0.39 is 0 Å². The van der Waals surface area contributed by atoms with Crippen LogP contribution >= 0.6 is 0 Å². The highest BCUT2D eigenvalue weighted by atomic mass is 19.1. The Hall–Kier alpha value is -1.35. The van der Waals surface area contributed by atoms with E-state index in [4.69, 9.17) is 5.73 Å². The van der Waals surface area contributed by atoms with E-state index in [1.165, 1.54) is 6.07 Å². The molecule has 2 nitrogen and oxygen atoms in total. The lowest BCUT2D eigenvalue weighted by Crippen LogP contribution is -2.01. The lowest BCUT2D eigenvalue weighted by molar-refractivity contribution is 0.638. The molecule has 0 radical (unpaired) electrons. The third-order valence-electron chi connectivity index (χ3n) is 2.72. The van der Waals surface area contributed by atoms with Crippen molar-refractivity contribution in [3.8, 4) is 0 Å². The van der Waals surface area contributed by atoms with Crippen LogP contribution in [0.3, 0.4) is 0 Å². The van der Waals surface area contributed by atoms with E-state index in [-0.39, 0.29) is 5.82 Å². The summed E-state index contributed by atoms with van der Waals surface area (Å²) in [5.74, 6) is -0.149. The zero-order chi connectivity index (χ0) is 10.8. The van der Waals surface area contributed by atoms with Crippen molar-refractivity contribution in [2.75, 3.05) is 6.54 Å². The van der Waals surface area contributed by atoms with Crippen LogP contribution in [0.2, 0.25) is 0 Å². The van der Waals surface area contributed by atoms with Gasteiger partial charge in [-0.1, -0.05) is 6.07 Å². The second kappa shape index (κ2) is 4.03. The quantitative estimate of drug-likeness (QED) is 0.796. The summed E-state index contributed by atoms with van der Waals surface area (Å²) < 4.78 is 13.6. The molecule has 1 aromatic heterocycles. The molecule has 3 N–H and O–H groups in total. The first kappa shape index (κ1) is 10.2. The zero-order valence-electron chi connectivity index (χ0n) is 8.81. The lowest BCUT2D eigenvalue weighted by Gasteiger charge is -2.00. The molecule has 0 saturated heterocycles. The van der Waals surface area contributed by atoms with Crippen molar-refractivity contribution in [2.24, 2.45) is 5.73 Å². The number of hydrogen-bond acceptors (Lipinski definition) is 1. The van der Waals surface area contributed by atoms with E-state index in [1.807, 2.05) is 13.0 Å². The number of nitrogens with two attached hydrogens (primary N) is 1. The molecule has 15 heavy (non-hydrogen) atoms. The normalized spacial score (nSPS) is 11.1. The van der Waals surface area contributed by atoms with Crippen molar-refractivity contribution in [3.05, 3.63) is 35.3 Å². The molecule has 1 heterocycles. The summed E-state index contributed by atoms with van der Waals surface area (Å²) in [4.78, 5) is 3.20. The van der Waals surface area contributed by atoms with Crippen molar-refractivity contribution in [3.63, 3.8) is 0 Å². The Balaban J connectivity index is 2.55. The Morgan fingerprint density at radius 2 is 2.20 bits per heavy atom. The zero-order valence-corrected chi connectivity index (χ0v) is 8.81. The Labute approximate surface area is 88.3 Å². The molecule has 0 spiro atoms. The molecule has 0 unspecified atom stereocenters. The molecule has 0 aliphatic rings. The minimum Gasteiger partial charge on any atom is -0.358 e. The van der Waals surface area contributed by atoms with Gasteiger partial charge in [0.25, 0.3) is 0 Å². The number of fused-ring (bicyclic) bond motifs is 1. The van der Waals surface area contributed by atoms with Crippen LogP contribution in [0, 0.1) is 12.7 Å². The largest absolute Gasteiger partial charge is 0.358 e. The molecular weight excluding hydrogens is 191 g/mol. The fraction of sp³-hybridized carbons (Fsp3) is 0.333. The molecular formula is C12H15FN2. The predicted molar refractivity (Wildman–Crippen MR) is 60.4 cm³/mol. The number of nitrogens with one attached hydrogen (secondary N) is 1. The topological polar surface area (TPSA) is 41.8 Å². The summed E-state index contributed by atoms with van der Waals surface area (Å²) in [5.41, 5.74) is 8.46. The van der Waals surface area contributed by atoms with Crippen molar-refractivity contribution in [1.82, 2.24) is 4.98 Å². The number of aromatic amines is 1. The van der Waals surface area contributed by atoms with Gasteiger partial charge in [-0.25, -0.2) is 4.39 Å². The second-order valence-electron chi connectivity index (χ2n) is 3.78. The van der Waals surface area contributed by atoms with Gasteiger partial charge >= 0.3 is 0 Å². The van der Waals surface area contributed by atoms with Crippen LogP contribution in [0.15, 0.2) is 18.2 Å². The second-order valence-corrected chi connectivity index (χ2v) is 3.78. The third-order valence-corrected chi connectivity index (χ3v) is 2.72. The van der Waals surface area contributed by atoms with Crippen LogP contribution in [0.5, 0.6) is 0 Å². The first-order valence-electron chi connectivity index (χ1n) is 5.19. The SMILES string of the molecule is Cc1[nH]c2cccc(F)c2c1CCCN. The molecule has 3 heteroatoms. The van der Waals surface area contributed by atoms with Crippen molar-refractivity contribution < 1.29 is 4.39 Å². The highest BCUT2D eigenvalue weighted by Gasteiger charge is 2.11. The molecule has 1 aromatic carbocycles. The van der Waals surface area contributed by atoms with Crippen LogP contribution in [-0.4, -0.2) is 11.5 Å². The molecule has 0 bridgehead atoms. The molecule has 0 aliphatic heterocycles. The van der Waals surface area contributed by atoms with Gasteiger partial charge in [-0.05, 0) is 44.0 Å². The summed E-state index contributed by atoms with van der Waals surface area (Å²) in [6.45, 7) is 2.62. The molecule has 2 aromatic rings. The highest BCUT2D eigenvalue weighted by Crippen LogP contribution is 2.25. The smallest absolute Gasteiger partial charge is 0.132 e. The van der Waals surface area contributed by atoms with Gasteiger partial charge in [0, 0.05) is 16.6 Å². The molecule has 2 rings (SSSR count). The number of aromatic nitrogens is 1. The van der Waals surface area contributed by atoms with Crippen LogP contribution in [0.1, 0.15) is 17.7 Å². The van der Waals surface area contributed by atoms with Crippen LogP contribution in [-0.2, 0) is 6.42 Å². The van der Waals surface area contributed by atoms with Crippen molar-refractivity contribution in [1.29, 1.82) is 0 Å². The maximum atomic E-state index is 13.6. The van der Waals surface area contributed by atoms with E-state index in [2.05, 4.69) is 4.98 Å². The Morgan fingerprint density at radius 1 is 1.40 bits per heavy atom. The maximum Gasteiger partial charge on any atom is 0.132 e. The summed E-state index contributed by atoms with van der Waals surface area (Å²) >= 11 is 0. The molecule has 0 amide bonds. The third kappa shape index (κ3) is 1.75. The van der Waals surface area contributed by atoms with E-state index >= 15 is 0 Å². The van der Waals surface area contributed by atoms with Crippen LogP contribution in [0.4, 0.5) is 4.39 Å². The monoisotopic (exact) mass is 206 g/mol. The van der Waals surface area contributed by atoms with Gasteiger partial charge in [-0.15, -0.1) is 0 Å². The standard InChI is InChI=1S/C12H15FN2/c1-8-9(4-3-7-14)12-10(13)5-2-6-11(12)15-8/h2,5-6,15H,3-4,7,14H2,1H3. The average Bonchev–Trinajstić information content (AvgIpc) is 2.53. The van der Waals surface area contributed by atoms with Gasteiger partial charge in [0.15, 0.2) is 0 Å². The van der Waals surface area contributed by atoms with E-state index in [0.29, 0.717) is 6.54 Å². The summed E-state index contributed by atoms with van der Waals surface area (Å²) in [7, 11) is 0. The van der Waals surface area contributed by atoms with Crippen molar-refractivity contribution in [2.45, 2.75) is 19.8 Å². The molecule has 0 saturated carbocycles. The van der Waals surface area contributed by atoms with Crippen LogP contribution in [0.25, 0.3) is 10.9 Å². The summed E-state index contributed by atoms with van der Waals surface area (Å²) in [6, 6.07) is 5.12. The summed E-state index contributed by atoms with van der Waals surface area (Å²) in [6.07, 6.45) is 1.73. The molecule has 0 fully saturated rings. The number of H-pyrrole nitrogens is 1. The van der Waals surface area contributed by atoms with Gasteiger partial charge < -0.3 is 10.7 Å². The van der Waals surface area contributed by atoms with E-state index in [1.54, 1.807) is 6.07 Å². The number of benzene rings is 1. The summed E-state index contributed by atoms with van der Waals surface area (Å²) in [5, 5.41) is 0.725. The van der Waals surface area contributed by atoms with E-state index in [9.17, 15) is 4.39 Å². The Kier molecular flexibility index (Phi) is 2.73. The fourth-order valence-electron chi connectivity index (χ4n) is 1.99. The molecule has 80 valence electrons. The Morgan fingerprint density at radius 3 is 2.93 bits per heavy atom. The fourth-order valence-corrected chi connectivity index (χ4v) is 1.99. The van der Waals surface area contributed by atoms with Gasteiger partial charge in [0.2, 0.25) is 0 Å². The first-order valence-corrected chi connectivity index (χ1v) is 5.19. The number of aryl methyl sites for hydroxylation is 2. The van der Waals surface area contributed by atoms with Gasteiger partial charge in [0.05, 0.1) is 0 Å². The molecule has 0 aliphatic carbocycles. The van der Waals surface area contributed by atoms with Gasteiger partial charge in [0.1, 0.15) is 5.82 Å². The maximum absolute atomic E-state index is 13.6. The number of hydrogen-bond donors (Lipinski definition) is 2. The van der Waals surface area contributed by atoms with Gasteiger partial charge in [-0.2, -0.15) is 0 Å². The highest BCUT2D eigenvalue weighted by molar-refractivity contribution is 5.85. The Bertz CT molecular complexity index is 474. The minimum absolute atomic E-state index is 0.149. The first-order chi connectivity index (χ1) is 7.24. The number of halogens is 1. The lowest BCUT2D eigenvalue weighted by atomic mass is 10.1. The number of rotatable bonds is 3. The molecule has 0 atom stereocenters. The minimum atomic E-state index is -0.149.